The lowest BCUT2D eigenvalue weighted by Crippen LogP contribution is -2.41. The van der Waals surface area contributed by atoms with Gasteiger partial charge in [0.2, 0.25) is 5.91 Å². The fourth-order valence-electron chi connectivity index (χ4n) is 4.14. The lowest BCUT2D eigenvalue weighted by atomic mass is 10.1. The number of fused-ring (bicyclic) bond motifs is 2. The van der Waals surface area contributed by atoms with Crippen LogP contribution in [0.1, 0.15) is 23.6 Å². The third kappa shape index (κ3) is 3.07. The van der Waals surface area contributed by atoms with Gasteiger partial charge in [-0.05, 0) is 47.5 Å². The van der Waals surface area contributed by atoms with E-state index >= 15 is 0 Å². The number of aryl methyl sites for hydroxylation is 1. The van der Waals surface area contributed by atoms with Gasteiger partial charge in [-0.2, -0.15) is 0 Å². The van der Waals surface area contributed by atoms with Crippen LogP contribution in [0.5, 0.6) is 0 Å². The van der Waals surface area contributed by atoms with Crippen LogP contribution in [0.3, 0.4) is 0 Å². The molecule has 5 rings (SSSR count). The maximum absolute atomic E-state index is 13.2. The van der Waals surface area contributed by atoms with Crippen molar-refractivity contribution < 1.29 is 4.79 Å². The summed E-state index contributed by atoms with van der Waals surface area (Å²) >= 11 is 1.27. The first-order valence-corrected chi connectivity index (χ1v) is 10.7. The Balaban J connectivity index is 1.52. The topological polar surface area (TPSA) is 73.1 Å². The predicted molar refractivity (Wildman–Crippen MR) is 117 cm³/mol. The zero-order chi connectivity index (χ0) is 20.7. The second-order valence-corrected chi connectivity index (χ2v) is 8.25. The summed E-state index contributed by atoms with van der Waals surface area (Å²) in [5.74, 6) is -0.246. The fraction of sp³-hybridized carbons (Fsp3) is 0.174. The Bertz CT molecular complexity index is 1370. The summed E-state index contributed by atoms with van der Waals surface area (Å²) in [5.41, 5.74) is 2.48. The predicted octanol–water partition coefficient (Wildman–Crippen LogP) is 3.02. The standard InChI is InChI=1S/C23H19N3O3S/c27-20(24-18-11-10-15-6-4-5-9-17(15)18)14-25-19-12-13-30-21(19)22(28)26(23(25)29)16-7-2-1-3-8-16/h1-9,12-13,18H,10-11,14H2,(H,24,27)/t18-/m0/s1. The third-order valence-electron chi connectivity index (χ3n) is 5.54. The molecule has 30 heavy (non-hydrogen) atoms. The van der Waals surface area contributed by atoms with Crippen molar-refractivity contribution >= 4 is 27.5 Å². The second-order valence-electron chi connectivity index (χ2n) is 7.34. The van der Waals surface area contributed by atoms with Crippen molar-refractivity contribution in [2.24, 2.45) is 0 Å². The monoisotopic (exact) mass is 417 g/mol. The summed E-state index contributed by atoms with van der Waals surface area (Å²) in [7, 11) is 0. The van der Waals surface area contributed by atoms with Crippen LogP contribution in [0.4, 0.5) is 0 Å². The Kier molecular flexibility index (Phi) is 4.59. The number of carbonyl (C=O) groups is 1. The van der Waals surface area contributed by atoms with E-state index in [0.29, 0.717) is 15.9 Å². The van der Waals surface area contributed by atoms with Crippen LogP contribution in [0.15, 0.2) is 75.6 Å². The molecule has 1 amide bonds. The summed E-state index contributed by atoms with van der Waals surface area (Å²) in [6, 6.07) is 18.5. The lowest BCUT2D eigenvalue weighted by Gasteiger charge is -2.16. The zero-order valence-corrected chi connectivity index (χ0v) is 16.9. The van der Waals surface area contributed by atoms with Gasteiger partial charge in [0.05, 0.1) is 17.2 Å². The van der Waals surface area contributed by atoms with Gasteiger partial charge in [0.1, 0.15) is 11.2 Å². The maximum atomic E-state index is 13.2. The van der Waals surface area contributed by atoms with Gasteiger partial charge in [-0.1, -0.05) is 42.5 Å². The molecule has 4 aromatic rings. The average Bonchev–Trinajstić information content (AvgIpc) is 3.40. The van der Waals surface area contributed by atoms with E-state index < -0.39 is 5.69 Å². The molecule has 7 heteroatoms. The number of nitrogens with zero attached hydrogens (tertiary/aromatic N) is 2. The molecule has 0 fully saturated rings. The molecule has 0 saturated heterocycles. The third-order valence-corrected chi connectivity index (χ3v) is 6.43. The van der Waals surface area contributed by atoms with E-state index in [1.165, 1.54) is 21.5 Å². The quantitative estimate of drug-likeness (QED) is 0.555. The molecule has 0 spiro atoms. The SMILES string of the molecule is O=C(Cn1c(=O)n(-c2ccccc2)c(=O)c2sccc21)N[C@H]1CCc2ccccc21. The average molecular weight is 417 g/mol. The van der Waals surface area contributed by atoms with Crippen molar-refractivity contribution in [1.29, 1.82) is 0 Å². The minimum Gasteiger partial charge on any atom is -0.348 e. The van der Waals surface area contributed by atoms with E-state index in [0.717, 1.165) is 23.0 Å². The number of amides is 1. The van der Waals surface area contributed by atoms with E-state index in [1.807, 2.05) is 24.3 Å². The highest BCUT2D eigenvalue weighted by Crippen LogP contribution is 2.30. The minimum atomic E-state index is -0.515. The van der Waals surface area contributed by atoms with Crippen LogP contribution in [0, 0.1) is 0 Å². The van der Waals surface area contributed by atoms with Crippen LogP contribution < -0.4 is 16.6 Å². The van der Waals surface area contributed by atoms with Crippen molar-refractivity contribution in [2.75, 3.05) is 0 Å². The van der Waals surface area contributed by atoms with E-state index in [2.05, 4.69) is 11.4 Å². The molecule has 1 aliphatic carbocycles. The summed E-state index contributed by atoms with van der Waals surface area (Å²) in [6.45, 7) is -0.141. The molecule has 1 N–H and O–H groups in total. The summed E-state index contributed by atoms with van der Waals surface area (Å²) in [6.07, 6.45) is 1.77. The van der Waals surface area contributed by atoms with Crippen molar-refractivity contribution in [2.45, 2.75) is 25.4 Å². The Labute approximate surface area is 176 Å². The van der Waals surface area contributed by atoms with Gasteiger partial charge < -0.3 is 5.32 Å². The number of hydrogen-bond acceptors (Lipinski definition) is 4. The minimum absolute atomic E-state index is 0.0533. The van der Waals surface area contributed by atoms with Crippen molar-refractivity contribution in [1.82, 2.24) is 14.5 Å². The number of carbonyl (C=O) groups excluding carboxylic acids is 1. The van der Waals surface area contributed by atoms with Crippen LogP contribution in [0.25, 0.3) is 15.9 Å². The molecular weight excluding hydrogens is 398 g/mol. The molecule has 0 aliphatic heterocycles. The lowest BCUT2D eigenvalue weighted by molar-refractivity contribution is -0.122. The Hall–Kier alpha value is -3.45. The number of nitrogens with one attached hydrogen (secondary N) is 1. The number of para-hydroxylation sites is 1. The summed E-state index contributed by atoms with van der Waals surface area (Å²) in [5, 5.41) is 4.83. The highest BCUT2D eigenvalue weighted by atomic mass is 32.1. The van der Waals surface area contributed by atoms with E-state index in [9.17, 15) is 14.4 Å². The van der Waals surface area contributed by atoms with E-state index in [-0.39, 0.29) is 24.1 Å². The molecular formula is C23H19N3O3S. The van der Waals surface area contributed by atoms with Crippen LogP contribution in [0.2, 0.25) is 0 Å². The number of thiophene rings is 1. The van der Waals surface area contributed by atoms with Crippen molar-refractivity contribution in [3.8, 4) is 5.69 Å². The summed E-state index contributed by atoms with van der Waals surface area (Å²) < 4.78 is 2.98. The first kappa shape index (κ1) is 18.6. The van der Waals surface area contributed by atoms with Crippen molar-refractivity contribution in [3.05, 3.63) is 98.0 Å². The van der Waals surface area contributed by atoms with Crippen LogP contribution in [-0.4, -0.2) is 15.0 Å². The molecule has 2 aromatic heterocycles. The van der Waals surface area contributed by atoms with E-state index in [4.69, 9.17) is 0 Å². The molecule has 1 atom stereocenters. The normalized spacial score (nSPS) is 15.3. The zero-order valence-electron chi connectivity index (χ0n) is 16.1. The first-order valence-electron chi connectivity index (χ1n) is 9.79. The molecule has 2 aromatic carbocycles. The molecule has 0 radical (unpaired) electrons. The van der Waals surface area contributed by atoms with Gasteiger partial charge >= 0.3 is 5.69 Å². The highest BCUT2D eigenvalue weighted by molar-refractivity contribution is 7.17. The van der Waals surface area contributed by atoms with Crippen LogP contribution in [-0.2, 0) is 17.8 Å². The van der Waals surface area contributed by atoms with Gasteiger partial charge in [-0.3, -0.25) is 14.2 Å². The smallest absolute Gasteiger partial charge is 0.336 e. The first-order chi connectivity index (χ1) is 14.6. The largest absolute Gasteiger partial charge is 0.348 e. The Morgan fingerprint density at radius 1 is 1.03 bits per heavy atom. The van der Waals surface area contributed by atoms with E-state index in [1.54, 1.807) is 35.7 Å². The molecule has 0 bridgehead atoms. The van der Waals surface area contributed by atoms with Gasteiger partial charge in [0, 0.05) is 0 Å². The molecule has 150 valence electrons. The Morgan fingerprint density at radius 2 is 1.80 bits per heavy atom. The molecule has 6 nitrogen and oxygen atoms in total. The number of aromatic nitrogens is 2. The van der Waals surface area contributed by atoms with Gasteiger partial charge in [-0.25, -0.2) is 9.36 Å². The summed E-state index contributed by atoms with van der Waals surface area (Å²) in [4.78, 5) is 39.0. The maximum Gasteiger partial charge on any atom is 0.336 e. The molecule has 1 aliphatic rings. The number of hydrogen-bond donors (Lipinski definition) is 1. The van der Waals surface area contributed by atoms with Gasteiger partial charge in [0.25, 0.3) is 5.56 Å². The van der Waals surface area contributed by atoms with Crippen molar-refractivity contribution in [3.63, 3.8) is 0 Å². The number of rotatable bonds is 4. The fourth-order valence-corrected chi connectivity index (χ4v) is 4.96. The number of benzene rings is 2. The van der Waals surface area contributed by atoms with Gasteiger partial charge in [0.15, 0.2) is 0 Å². The highest BCUT2D eigenvalue weighted by Gasteiger charge is 2.24. The van der Waals surface area contributed by atoms with Gasteiger partial charge in [-0.15, -0.1) is 11.3 Å². The van der Waals surface area contributed by atoms with Crippen LogP contribution >= 0.6 is 11.3 Å². The molecule has 0 saturated carbocycles. The molecule has 0 unspecified atom stereocenters. The second kappa shape index (κ2) is 7.42. The Morgan fingerprint density at radius 3 is 2.63 bits per heavy atom. The molecule has 2 heterocycles.